The number of rotatable bonds is 0. The van der Waals surface area contributed by atoms with Gasteiger partial charge in [-0.05, 0) is 0 Å². The fourth-order valence-electron chi connectivity index (χ4n) is 0. The number of nitrogens with one attached hydrogen (secondary N) is 1. The van der Waals surface area contributed by atoms with Gasteiger partial charge in [-0.1, -0.05) is 0 Å². The highest BCUT2D eigenvalue weighted by atomic mass is 27.0. The van der Waals surface area contributed by atoms with E-state index < -0.39 is 0 Å². The highest BCUT2D eigenvalue weighted by molar-refractivity contribution is 6.16. The molecule has 0 unspecified atom stereocenters. The summed E-state index contributed by atoms with van der Waals surface area (Å²) >= 11 is 1.13. The van der Waals surface area contributed by atoms with E-state index in [-0.39, 0.29) is 5.34 Å². The van der Waals surface area contributed by atoms with E-state index >= 15 is 0 Å². The molecule has 0 bridgehead atoms. The highest BCUT2D eigenvalue weighted by Gasteiger charge is 1.23. The highest BCUT2D eigenvalue weighted by Crippen LogP contribution is 1.24. The summed E-state index contributed by atoms with van der Waals surface area (Å²) < 4.78 is 0. The van der Waals surface area contributed by atoms with Crippen molar-refractivity contribution in [2.24, 2.45) is 0 Å². The standard InChI is InChI=1S/C2H3.Al.HNO2.2H/c1-2;;2-1-3;;/h1H,2H2;;1H;;. The van der Waals surface area contributed by atoms with Crippen molar-refractivity contribution >= 4 is 16.3 Å². The van der Waals surface area contributed by atoms with Gasteiger partial charge in [0, 0.05) is 5.34 Å². The van der Waals surface area contributed by atoms with Crippen LogP contribution in [0.2, 0.25) is 0 Å². The van der Waals surface area contributed by atoms with Crippen LogP contribution < -0.4 is 5.34 Å². The van der Waals surface area contributed by atoms with Crippen molar-refractivity contribution in [3.05, 3.63) is 21.6 Å². The van der Waals surface area contributed by atoms with Crippen molar-refractivity contribution < 1.29 is 5.34 Å². The summed E-state index contributed by atoms with van der Waals surface area (Å²) in [4.78, 5) is 10.0. The van der Waals surface area contributed by atoms with Crippen molar-refractivity contribution in [2.45, 2.75) is 0 Å². The third-order valence-corrected chi connectivity index (χ3v) is 0. The minimum absolute atomic E-state index is 0.250. The molecule has 0 rings (SSSR count). The predicted molar refractivity (Wildman–Crippen MR) is 26.4 cm³/mol. The first-order valence-corrected chi connectivity index (χ1v) is 2.55. The van der Waals surface area contributed by atoms with Gasteiger partial charge in [-0.15, -0.1) is 6.58 Å². The topological polar surface area (TPSA) is 54.1 Å². The molecule has 0 aromatic carbocycles. The molecule has 34 valence electrons. The summed E-state index contributed by atoms with van der Waals surface area (Å²) in [5.74, 6) is 0. The molecule has 0 heterocycles. The quantitative estimate of drug-likeness (QED) is 0.221. The van der Waals surface area contributed by atoms with Crippen LogP contribution in [0.15, 0.2) is 11.5 Å². The minimum Gasteiger partial charge on any atom is -0.267 e. The van der Waals surface area contributed by atoms with E-state index in [4.69, 9.17) is 10.1 Å². The Morgan fingerprint density at radius 3 is 2.00 bits per heavy atom. The van der Waals surface area contributed by atoms with Crippen LogP contribution in [0.4, 0.5) is 0 Å². The van der Waals surface area contributed by atoms with E-state index in [1.54, 1.807) is 0 Å². The first-order chi connectivity index (χ1) is 2.83. The zero-order valence-corrected chi connectivity index (χ0v) is 5.60. The van der Waals surface area contributed by atoms with E-state index in [0.29, 0.717) is 0 Å². The molecule has 1 N–H and O–H groups in total. The molecule has 0 aliphatic heterocycles. The van der Waals surface area contributed by atoms with Crippen LogP contribution in [-0.4, -0.2) is 16.3 Å². The van der Waals surface area contributed by atoms with Crippen molar-refractivity contribution in [1.29, 1.82) is 0 Å². The van der Waals surface area contributed by atoms with Gasteiger partial charge in [0.25, 0.3) is 0 Å². The Bertz CT molecular complexity index is 32.5. The molecular weight excluding hydrogens is 97.0 g/mol. The summed E-state index contributed by atoms with van der Waals surface area (Å²) in [6, 6.07) is 0. The molecule has 0 spiro atoms. The summed E-state index contributed by atoms with van der Waals surface area (Å²) in [6.45, 7) is 3.42. The lowest BCUT2D eigenvalue weighted by atomic mass is 11.3. The largest absolute Gasteiger partial charge is 0.267 e. The lowest BCUT2D eigenvalue weighted by Crippen LogP contribution is -2.53. The molecule has 0 saturated carbocycles. The van der Waals surface area contributed by atoms with E-state index in [0.717, 1.165) is 16.3 Å². The maximum absolute atomic E-state index is 8.12. The average molecular weight is 103 g/mol. The van der Waals surface area contributed by atoms with Crippen LogP contribution in [-0.2, 0) is 0 Å². The second-order valence-corrected chi connectivity index (χ2v) is 1.31. The predicted octanol–water partition coefficient (Wildman–Crippen LogP) is -1.91. The fraction of sp³-hybridized carbons (Fsp3) is 0. The molecule has 0 aliphatic carbocycles. The molecule has 3 nitrogen and oxygen atoms in total. The molecule has 0 radical (unpaired) electrons. The Labute approximate surface area is 44.0 Å². The third kappa shape index (κ3) is 244. The summed E-state index contributed by atoms with van der Waals surface area (Å²) in [5.41, 5.74) is 0. The Morgan fingerprint density at radius 2 is 2.00 bits per heavy atom. The smallest absolute Gasteiger partial charge is 0.245 e. The molecule has 0 fully saturated rings. The van der Waals surface area contributed by atoms with E-state index in [2.05, 4.69) is 6.58 Å². The van der Waals surface area contributed by atoms with Gasteiger partial charge >= 0.3 is 0 Å². The van der Waals surface area contributed by atoms with Gasteiger partial charge < -0.3 is 0 Å². The molecular formula is C2H6AlNO2. The Hall–Kier alpha value is -0.328. The van der Waals surface area contributed by atoms with Crippen LogP contribution in [0, 0.1) is 10.1 Å². The van der Waals surface area contributed by atoms with Crippen molar-refractivity contribution in [2.75, 3.05) is 0 Å². The maximum atomic E-state index is 8.12. The van der Waals surface area contributed by atoms with E-state index in [1.165, 1.54) is 0 Å². The van der Waals surface area contributed by atoms with Crippen LogP contribution >= 0.6 is 0 Å². The second kappa shape index (κ2) is 22.5. The van der Waals surface area contributed by atoms with Crippen molar-refractivity contribution in [3.8, 4) is 0 Å². The minimum atomic E-state index is 0.250. The Balaban J connectivity index is 0. The van der Waals surface area contributed by atoms with Gasteiger partial charge in [-0.3, -0.25) is 10.1 Å². The molecule has 0 aromatic rings. The van der Waals surface area contributed by atoms with E-state index in [1.807, 2.05) is 4.94 Å². The van der Waals surface area contributed by atoms with Crippen molar-refractivity contribution in [1.82, 2.24) is 0 Å². The second-order valence-electron chi connectivity index (χ2n) is 0.492. The molecule has 0 atom stereocenters. The van der Waals surface area contributed by atoms with Crippen LogP contribution in [0.25, 0.3) is 0 Å². The average Bonchev–Trinajstić information content (AvgIpc) is 1.39. The van der Waals surface area contributed by atoms with Crippen LogP contribution in [0.3, 0.4) is 0 Å². The van der Waals surface area contributed by atoms with Gasteiger partial charge in [0.05, 0.1) is 0 Å². The van der Waals surface area contributed by atoms with Crippen LogP contribution in [0.5, 0.6) is 0 Å². The maximum Gasteiger partial charge on any atom is 0.245 e. The van der Waals surface area contributed by atoms with E-state index in [9.17, 15) is 0 Å². The van der Waals surface area contributed by atoms with Crippen molar-refractivity contribution in [3.63, 3.8) is 0 Å². The molecule has 0 aromatic heterocycles. The molecule has 0 saturated heterocycles. The molecule has 4 heteroatoms. The molecule has 6 heavy (non-hydrogen) atoms. The number of hydrogen-bond acceptors (Lipinski definition) is 2. The first kappa shape index (κ1) is 9.18. The zero-order valence-electron chi connectivity index (χ0n) is 3.60. The molecule has 0 amide bonds. The first-order valence-electron chi connectivity index (χ1n) is 1.39. The summed E-state index contributed by atoms with van der Waals surface area (Å²) in [5, 5.41) is 8.38. The van der Waals surface area contributed by atoms with Gasteiger partial charge in [0.15, 0.2) is 0 Å². The normalized spacial score (nSPS) is 4.00. The van der Waals surface area contributed by atoms with Gasteiger partial charge in [0.1, 0.15) is 0 Å². The third-order valence-electron chi connectivity index (χ3n) is 0. The number of hydrogen-bond donors (Lipinski definition) is 1. The lowest BCUT2D eigenvalue weighted by molar-refractivity contribution is -0.398. The summed E-state index contributed by atoms with van der Waals surface area (Å²) in [6.07, 6.45) is 0. The van der Waals surface area contributed by atoms with Gasteiger partial charge in [-0.25, -0.2) is 0 Å². The Kier molecular flexibility index (Phi) is 34.5. The molecule has 0 aliphatic rings. The Morgan fingerprint density at radius 1 is 2.00 bits per heavy atom. The van der Waals surface area contributed by atoms with Gasteiger partial charge in [-0.2, -0.15) is 4.94 Å². The lowest BCUT2D eigenvalue weighted by Gasteiger charge is -1.36. The SMILES string of the molecule is C=[CH][AlH2].O=[NH+][O-]. The zero-order chi connectivity index (χ0) is 5.41. The van der Waals surface area contributed by atoms with Gasteiger partial charge in [0.2, 0.25) is 16.3 Å². The fourth-order valence-corrected chi connectivity index (χ4v) is 0. The van der Waals surface area contributed by atoms with Crippen LogP contribution in [0.1, 0.15) is 0 Å². The summed E-state index contributed by atoms with van der Waals surface area (Å²) in [7, 11) is 0. The monoisotopic (exact) mass is 103 g/mol.